The Kier molecular flexibility index (Phi) is 5.62. The van der Waals surface area contributed by atoms with Crippen LogP contribution in [0.25, 0.3) is 0 Å². The molecule has 112 valence electrons. The van der Waals surface area contributed by atoms with E-state index in [4.69, 9.17) is 0 Å². The molecule has 1 aliphatic heterocycles. The zero-order valence-electron chi connectivity index (χ0n) is 13.4. The van der Waals surface area contributed by atoms with Crippen LogP contribution in [-0.4, -0.2) is 31.6 Å². The van der Waals surface area contributed by atoms with Gasteiger partial charge in [0.2, 0.25) is 0 Å². The summed E-state index contributed by atoms with van der Waals surface area (Å²) in [4.78, 5) is 2.51. The number of hydrogen-bond donors (Lipinski definition) is 1. The number of nitrogens with one attached hydrogen (secondary N) is 1. The molecule has 1 N–H and O–H groups in total. The molecule has 1 unspecified atom stereocenters. The topological polar surface area (TPSA) is 15.3 Å². The molecule has 1 fully saturated rings. The van der Waals surface area contributed by atoms with E-state index >= 15 is 0 Å². The van der Waals surface area contributed by atoms with Crippen molar-refractivity contribution in [2.75, 3.05) is 26.7 Å². The van der Waals surface area contributed by atoms with Crippen molar-refractivity contribution in [1.29, 1.82) is 0 Å². The standard InChI is InChI=1S/C18H30N2/c1-4-9-18(10-6-11-19-14-18)15-20(3)13-17-8-5-7-16(2)12-17/h5,7-8,12,19H,4,6,9-11,13-15H2,1-3H3. The Hall–Kier alpha value is -0.860. The van der Waals surface area contributed by atoms with Gasteiger partial charge in [0.05, 0.1) is 0 Å². The van der Waals surface area contributed by atoms with Gasteiger partial charge in [-0.3, -0.25) is 0 Å². The highest BCUT2D eigenvalue weighted by Crippen LogP contribution is 2.32. The molecule has 1 aromatic rings. The van der Waals surface area contributed by atoms with E-state index in [1.165, 1.54) is 56.4 Å². The molecule has 0 aliphatic carbocycles. The van der Waals surface area contributed by atoms with Crippen molar-refractivity contribution >= 4 is 0 Å². The van der Waals surface area contributed by atoms with E-state index in [-0.39, 0.29) is 0 Å². The summed E-state index contributed by atoms with van der Waals surface area (Å²) in [6.45, 7) is 9.16. The number of nitrogens with zero attached hydrogens (tertiary/aromatic N) is 1. The number of piperidine rings is 1. The second kappa shape index (κ2) is 7.24. The largest absolute Gasteiger partial charge is 0.316 e. The third kappa shape index (κ3) is 4.32. The Morgan fingerprint density at radius 1 is 1.35 bits per heavy atom. The molecular weight excluding hydrogens is 244 g/mol. The van der Waals surface area contributed by atoms with Crippen LogP contribution >= 0.6 is 0 Å². The molecule has 0 spiro atoms. The first-order valence-electron chi connectivity index (χ1n) is 8.08. The fraction of sp³-hybridized carbons (Fsp3) is 0.667. The van der Waals surface area contributed by atoms with E-state index in [9.17, 15) is 0 Å². The summed E-state index contributed by atoms with van der Waals surface area (Å²) in [6, 6.07) is 8.90. The summed E-state index contributed by atoms with van der Waals surface area (Å²) in [5, 5.41) is 3.61. The molecule has 0 bridgehead atoms. The third-order valence-corrected chi connectivity index (χ3v) is 4.48. The normalized spacial score (nSPS) is 23.2. The Bertz CT molecular complexity index is 402. The van der Waals surface area contributed by atoms with Crippen molar-refractivity contribution in [2.24, 2.45) is 5.41 Å². The van der Waals surface area contributed by atoms with Crippen LogP contribution in [0.4, 0.5) is 0 Å². The summed E-state index contributed by atoms with van der Waals surface area (Å²) in [5.74, 6) is 0. The van der Waals surface area contributed by atoms with E-state index in [2.05, 4.69) is 55.4 Å². The molecule has 1 saturated heterocycles. The molecule has 2 rings (SSSR count). The Morgan fingerprint density at radius 3 is 2.85 bits per heavy atom. The molecule has 20 heavy (non-hydrogen) atoms. The average molecular weight is 274 g/mol. The summed E-state index contributed by atoms with van der Waals surface area (Å²) < 4.78 is 0. The first-order valence-corrected chi connectivity index (χ1v) is 8.08. The molecule has 1 aliphatic rings. The van der Waals surface area contributed by atoms with Crippen LogP contribution in [0.1, 0.15) is 43.7 Å². The molecule has 0 radical (unpaired) electrons. The molecule has 2 heteroatoms. The van der Waals surface area contributed by atoms with Gasteiger partial charge < -0.3 is 10.2 Å². The fourth-order valence-corrected chi connectivity index (χ4v) is 3.74. The molecule has 0 saturated carbocycles. The average Bonchev–Trinajstić information content (AvgIpc) is 2.39. The fourth-order valence-electron chi connectivity index (χ4n) is 3.74. The van der Waals surface area contributed by atoms with Gasteiger partial charge in [0.15, 0.2) is 0 Å². The van der Waals surface area contributed by atoms with Gasteiger partial charge in [-0.25, -0.2) is 0 Å². The lowest BCUT2D eigenvalue weighted by Crippen LogP contribution is -2.46. The van der Waals surface area contributed by atoms with Gasteiger partial charge in [0, 0.05) is 19.6 Å². The number of aryl methyl sites for hydroxylation is 1. The lowest BCUT2D eigenvalue weighted by atomic mass is 9.76. The van der Waals surface area contributed by atoms with Gasteiger partial charge in [0.1, 0.15) is 0 Å². The van der Waals surface area contributed by atoms with Gasteiger partial charge in [-0.2, -0.15) is 0 Å². The summed E-state index contributed by atoms with van der Waals surface area (Å²) >= 11 is 0. The zero-order valence-corrected chi connectivity index (χ0v) is 13.4. The summed E-state index contributed by atoms with van der Waals surface area (Å²) in [6.07, 6.45) is 5.35. The van der Waals surface area contributed by atoms with Crippen LogP contribution in [0.15, 0.2) is 24.3 Å². The molecule has 1 aromatic carbocycles. The lowest BCUT2D eigenvalue weighted by Gasteiger charge is -2.40. The lowest BCUT2D eigenvalue weighted by molar-refractivity contribution is 0.118. The van der Waals surface area contributed by atoms with Crippen LogP contribution in [0.3, 0.4) is 0 Å². The molecule has 1 heterocycles. The second-order valence-electron chi connectivity index (χ2n) is 6.69. The Morgan fingerprint density at radius 2 is 2.20 bits per heavy atom. The van der Waals surface area contributed by atoms with Gasteiger partial charge in [0.25, 0.3) is 0 Å². The predicted molar refractivity (Wildman–Crippen MR) is 87.0 cm³/mol. The first kappa shape index (κ1) is 15.5. The van der Waals surface area contributed by atoms with Crippen LogP contribution < -0.4 is 5.32 Å². The monoisotopic (exact) mass is 274 g/mol. The van der Waals surface area contributed by atoms with E-state index in [1.54, 1.807) is 0 Å². The zero-order chi connectivity index (χ0) is 14.4. The van der Waals surface area contributed by atoms with Gasteiger partial charge >= 0.3 is 0 Å². The smallest absolute Gasteiger partial charge is 0.0231 e. The van der Waals surface area contributed by atoms with Gasteiger partial charge in [-0.1, -0.05) is 43.2 Å². The molecule has 2 nitrogen and oxygen atoms in total. The maximum Gasteiger partial charge on any atom is 0.0231 e. The third-order valence-electron chi connectivity index (χ3n) is 4.48. The van der Waals surface area contributed by atoms with Crippen LogP contribution in [0, 0.1) is 12.3 Å². The SMILES string of the molecule is CCCC1(CN(C)Cc2cccc(C)c2)CCCNC1. The van der Waals surface area contributed by atoms with Gasteiger partial charge in [-0.05, 0) is 50.8 Å². The quantitative estimate of drug-likeness (QED) is 0.852. The molecule has 0 amide bonds. The van der Waals surface area contributed by atoms with Gasteiger partial charge in [-0.15, -0.1) is 0 Å². The van der Waals surface area contributed by atoms with E-state index in [0.29, 0.717) is 5.41 Å². The Labute approximate surface area is 124 Å². The molecular formula is C18H30N2. The van der Waals surface area contributed by atoms with Crippen molar-refractivity contribution in [3.63, 3.8) is 0 Å². The van der Waals surface area contributed by atoms with Crippen molar-refractivity contribution in [1.82, 2.24) is 10.2 Å². The highest BCUT2D eigenvalue weighted by molar-refractivity contribution is 5.22. The first-order chi connectivity index (χ1) is 9.63. The molecule has 0 aromatic heterocycles. The minimum absolute atomic E-state index is 0.492. The van der Waals surface area contributed by atoms with Crippen molar-refractivity contribution < 1.29 is 0 Å². The highest BCUT2D eigenvalue weighted by atomic mass is 15.1. The van der Waals surface area contributed by atoms with Crippen molar-refractivity contribution in [2.45, 2.75) is 46.1 Å². The number of benzene rings is 1. The van der Waals surface area contributed by atoms with Crippen molar-refractivity contribution in [3.8, 4) is 0 Å². The van der Waals surface area contributed by atoms with E-state index in [1.807, 2.05) is 0 Å². The second-order valence-corrected chi connectivity index (χ2v) is 6.69. The van der Waals surface area contributed by atoms with Crippen molar-refractivity contribution in [3.05, 3.63) is 35.4 Å². The van der Waals surface area contributed by atoms with Crippen LogP contribution in [0.2, 0.25) is 0 Å². The maximum absolute atomic E-state index is 3.61. The van der Waals surface area contributed by atoms with Crippen LogP contribution in [0.5, 0.6) is 0 Å². The highest BCUT2D eigenvalue weighted by Gasteiger charge is 2.32. The summed E-state index contributed by atoms with van der Waals surface area (Å²) in [5.41, 5.74) is 3.28. The maximum atomic E-state index is 3.61. The minimum Gasteiger partial charge on any atom is -0.316 e. The summed E-state index contributed by atoms with van der Waals surface area (Å²) in [7, 11) is 2.27. The Balaban J connectivity index is 1.95. The van der Waals surface area contributed by atoms with E-state index < -0.39 is 0 Å². The predicted octanol–water partition coefficient (Wildman–Crippen LogP) is 3.60. The number of rotatable bonds is 6. The molecule has 1 atom stereocenters. The number of hydrogen-bond acceptors (Lipinski definition) is 2. The minimum atomic E-state index is 0.492. The van der Waals surface area contributed by atoms with E-state index in [0.717, 1.165) is 6.54 Å². The van der Waals surface area contributed by atoms with Crippen LogP contribution in [-0.2, 0) is 6.54 Å².